The van der Waals surface area contributed by atoms with E-state index in [0.29, 0.717) is 0 Å². The molecule has 52 valence electrons. The lowest BCUT2D eigenvalue weighted by Gasteiger charge is -1.80. The molecule has 0 aromatic heterocycles. The van der Waals surface area contributed by atoms with Crippen molar-refractivity contribution in [2.45, 2.75) is 6.92 Å². The molecule has 0 atom stereocenters. The summed E-state index contributed by atoms with van der Waals surface area (Å²) in [6, 6.07) is 0. The van der Waals surface area contributed by atoms with Crippen LogP contribution in [0.5, 0.6) is 0 Å². The third-order valence-corrected chi connectivity index (χ3v) is 0.287. The standard InChI is InChI=1S/C3H6O2.CH4O.ClH/c1-3(4)5-2;1-2;/h1-2H3;2H,1H3;1H. The molecule has 0 aliphatic heterocycles. The Hall–Kier alpha value is -0.280. The monoisotopic (exact) mass is 142 g/mol. The van der Waals surface area contributed by atoms with Crippen LogP contribution in [-0.4, -0.2) is 25.3 Å². The van der Waals surface area contributed by atoms with Crippen molar-refractivity contribution in [3.63, 3.8) is 0 Å². The number of halogens is 1. The number of hydrogen-bond acceptors (Lipinski definition) is 3. The van der Waals surface area contributed by atoms with E-state index < -0.39 is 0 Å². The zero-order valence-electron chi connectivity index (χ0n) is 5.17. The molecule has 0 spiro atoms. The normalized spacial score (nSPS) is 5.00. The molecule has 0 heterocycles. The van der Waals surface area contributed by atoms with Crippen LogP contribution in [0.4, 0.5) is 0 Å². The highest BCUT2D eigenvalue weighted by molar-refractivity contribution is 5.85. The van der Waals surface area contributed by atoms with E-state index in [0.717, 1.165) is 7.11 Å². The van der Waals surface area contributed by atoms with Crippen LogP contribution >= 0.6 is 12.4 Å². The van der Waals surface area contributed by atoms with Crippen LogP contribution in [-0.2, 0) is 9.53 Å². The summed E-state index contributed by atoms with van der Waals surface area (Å²) in [6.07, 6.45) is 0. The zero-order chi connectivity index (χ0) is 6.28. The van der Waals surface area contributed by atoms with Gasteiger partial charge >= 0.3 is 5.97 Å². The highest BCUT2D eigenvalue weighted by Gasteiger charge is 1.75. The van der Waals surface area contributed by atoms with Crippen molar-refractivity contribution in [3.05, 3.63) is 0 Å². The van der Waals surface area contributed by atoms with Gasteiger partial charge in [-0.3, -0.25) is 4.79 Å². The van der Waals surface area contributed by atoms with E-state index in [4.69, 9.17) is 5.11 Å². The molecule has 0 radical (unpaired) electrons. The Balaban J connectivity index is -0.0000000750. The van der Waals surface area contributed by atoms with Gasteiger partial charge in [0.1, 0.15) is 0 Å². The van der Waals surface area contributed by atoms with Crippen molar-refractivity contribution in [1.29, 1.82) is 0 Å². The molecule has 0 fully saturated rings. The van der Waals surface area contributed by atoms with Gasteiger partial charge < -0.3 is 9.84 Å². The fraction of sp³-hybridized carbons (Fsp3) is 0.750. The van der Waals surface area contributed by atoms with E-state index in [9.17, 15) is 4.79 Å². The summed E-state index contributed by atoms with van der Waals surface area (Å²) >= 11 is 0. The largest absolute Gasteiger partial charge is 0.469 e. The number of carbonyl (C=O) groups excluding carboxylic acids is 1. The molecule has 0 rings (SSSR count). The summed E-state index contributed by atoms with van der Waals surface area (Å²) in [7, 11) is 2.35. The van der Waals surface area contributed by atoms with Crippen molar-refractivity contribution in [1.82, 2.24) is 0 Å². The van der Waals surface area contributed by atoms with Crippen molar-refractivity contribution >= 4 is 18.4 Å². The fourth-order valence-corrected chi connectivity index (χ4v) is 0. The predicted molar refractivity (Wildman–Crippen MR) is 33.1 cm³/mol. The summed E-state index contributed by atoms with van der Waals surface area (Å²) in [5.74, 6) is -0.245. The van der Waals surface area contributed by atoms with E-state index in [1.807, 2.05) is 0 Å². The zero-order valence-corrected chi connectivity index (χ0v) is 5.99. The number of hydrogen-bond donors (Lipinski definition) is 1. The molecule has 0 bridgehead atoms. The summed E-state index contributed by atoms with van der Waals surface area (Å²) in [5.41, 5.74) is 0. The molecule has 4 heteroatoms. The van der Waals surface area contributed by atoms with Crippen LogP contribution in [0.1, 0.15) is 6.92 Å². The van der Waals surface area contributed by atoms with Gasteiger partial charge in [-0.25, -0.2) is 0 Å². The average molecular weight is 143 g/mol. The smallest absolute Gasteiger partial charge is 0.302 e. The SMILES string of the molecule is CO.COC(C)=O.Cl. The maximum Gasteiger partial charge on any atom is 0.302 e. The third-order valence-electron chi connectivity index (χ3n) is 0.287. The number of aliphatic hydroxyl groups excluding tert-OH is 1. The lowest BCUT2D eigenvalue weighted by molar-refractivity contribution is -0.137. The molecule has 0 aliphatic carbocycles. The van der Waals surface area contributed by atoms with Crippen LogP contribution in [0.25, 0.3) is 0 Å². The van der Waals surface area contributed by atoms with E-state index in [1.54, 1.807) is 0 Å². The Morgan fingerprint density at radius 3 is 1.62 bits per heavy atom. The van der Waals surface area contributed by atoms with E-state index >= 15 is 0 Å². The summed E-state index contributed by atoms with van der Waals surface area (Å²) in [4.78, 5) is 9.59. The van der Waals surface area contributed by atoms with Gasteiger partial charge in [0, 0.05) is 14.0 Å². The molecule has 1 N–H and O–H groups in total. The molecular formula is C4H11ClO3. The number of carbonyl (C=O) groups is 1. The second-order valence-electron chi connectivity index (χ2n) is 0.696. The first kappa shape index (κ1) is 15.6. The maximum atomic E-state index is 9.59. The first-order valence-electron chi connectivity index (χ1n) is 1.76. The van der Waals surface area contributed by atoms with Gasteiger partial charge in [-0.1, -0.05) is 0 Å². The van der Waals surface area contributed by atoms with Crippen LogP contribution in [0.2, 0.25) is 0 Å². The van der Waals surface area contributed by atoms with Crippen molar-refractivity contribution in [3.8, 4) is 0 Å². The van der Waals surface area contributed by atoms with Crippen LogP contribution < -0.4 is 0 Å². The Labute approximate surface area is 55.1 Å². The van der Waals surface area contributed by atoms with Crippen molar-refractivity contribution < 1.29 is 14.6 Å². The van der Waals surface area contributed by atoms with E-state index in [1.165, 1.54) is 14.0 Å². The number of aliphatic hydroxyl groups is 1. The third kappa shape index (κ3) is 43.1. The van der Waals surface area contributed by atoms with Gasteiger partial charge in [-0.05, 0) is 0 Å². The van der Waals surface area contributed by atoms with Gasteiger partial charge in [0.05, 0.1) is 7.11 Å². The molecule has 0 aliphatic rings. The summed E-state index contributed by atoms with van der Waals surface area (Å²) in [5, 5.41) is 7.00. The van der Waals surface area contributed by atoms with E-state index in [-0.39, 0.29) is 18.4 Å². The highest BCUT2D eigenvalue weighted by atomic mass is 35.5. The van der Waals surface area contributed by atoms with Gasteiger partial charge in [-0.2, -0.15) is 0 Å². The molecular weight excluding hydrogens is 131 g/mol. The minimum atomic E-state index is -0.245. The van der Waals surface area contributed by atoms with Gasteiger partial charge in [0.25, 0.3) is 0 Å². The fourth-order valence-electron chi connectivity index (χ4n) is 0. The highest BCUT2D eigenvalue weighted by Crippen LogP contribution is 1.60. The average Bonchev–Trinajstić information content (AvgIpc) is 1.73. The lowest BCUT2D eigenvalue weighted by atomic mass is 10.8. The second-order valence-corrected chi connectivity index (χ2v) is 0.696. The van der Waals surface area contributed by atoms with Crippen LogP contribution in [0, 0.1) is 0 Å². The number of methoxy groups -OCH3 is 1. The summed E-state index contributed by atoms with van der Waals surface area (Å²) < 4.78 is 4.11. The Bertz CT molecular complexity index is 46.5. The quantitative estimate of drug-likeness (QED) is 0.492. The molecule has 0 aromatic rings. The van der Waals surface area contributed by atoms with Gasteiger partial charge in [-0.15, -0.1) is 12.4 Å². The van der Waals surface area contributed by atoms with Crippen LogP contribution in [0.3, 0.4) is 0 Å². The molecule has 0 saturated carbocycles. The number of ether oxygens (including phenoxy) is 1. The lowest BCUT2D eigenvalue weighted by Crippen LogP contribution is -1.88. The minimum absolute atomic E-state index is 0. The minimum Gasteiger partial charge on any atom is -0.469 e. The first-order chi connectivity index (χ1) is 3.27. The first-order valence-corrected chi connectivity index (χ1v) is 1.76. The van der Waals surface area contributed by atoms with Gasteiger partial charge in [0.15, 0.2) is 0 Å². The van der Waals surface area contributed by atoms with Gasteiger partial charge in [0.2, 0.25) is 0 Å². The molecule has 8 heavy (non-hydrogen) atoms. The van der Waals surface area contributed by atoms with Crippen molar-refractivity contribution in [2.75, 3.05) is 14.2 Å². The number of esters is 1. The number of rotatable bonds is 0. The van der Waals surface area contributed by atoms with E-state index in [2.05, 4.69) is 4.74 Å². The molecule has 3 nitrogen and oxygen atoms in total. The van der Waals surface area contributed by atoms with Crippen molar-refractivity contribution in [2.24, 2.45) is 0 Å². The van der Waals surface area contributed by atoms with Crippen LogP contribution in [0.15, 0.2) is 0 Å². The Morgan fingerprint density at radius 1 is 1.50 bits per heavy atom. The molecule has 0 unspecified atom stereocenters. The second kappa shape index (κ2) is 15.9. The Kier molecular flexibility index (Phi) is 31.1. The molecule has 0 saturated heterocycles. The molecule has 0 aromatic carbocycles. The topological polar surface area (TPSA) is 46.5 Å². The summed E-state index contributed by atoms with van der Waals surface area (Å²) in [6.45, 7) is 1.36. The Morgan fingerprint density at radius 2 is 1.62 bits per heavy atom. The maximum absolute atomic E-state index is 9.59. The molecule has 0 amide bonds. The predicted octanol–water partition coefficient (Wildman–Crippen LogP) is 0.210.